The molecule has 0 radical (unpaired) electrons. The standard InChI is InChI=1S/C23H23BrN2O4/c1-3-29-22-12-18(14-25-19-5-4-6-20(13-19)26(27)28)11-21(24)23(22)30-15-17-9-7-16(2)8-10-17/h4-13,25H,3,14-15H2,1-2H3. The second-order valence-corrected chi connectivity index (χ2v) is 7.63. The van der Waals surface area contributed by atoms with Crippen LogP contribution >= 0.6 is 15.9 Å². The van der Waals surface area contributed by atoms with E-state index in [1.54, 1.807) is 12.1 Å². The fourth-order valence-electron chi connectivity index (χ4n) is 2.90. The number of halogens is 1. The highest BCUT2D eigenvalue weighted by Gasteiger charge is 2.13. The topological polar surface area (TPSA) is 73.6 Å². The van der Waals surface area contributed by atoms with Crippen LogP contribution in [0.3, 0.4) is 0 Å². The summed E-state index contributed by atoms with van der Waals surface area (Å²) in [6.45, 7) is 5.40. The van der Waals surface area contributed by atoms with Crippen LogP contribution in [-0.2, 0) is 13.2 Å². The van der Waals surface area contributed by atoms with E-state index >= 15 is 0 Å². The molecule has 0 atom stereocenters. The third-order valence-electron chi connectivity index (χ3n) is 4.43. The molecule has 1 N–H and O–H groups in total. The summed E-state index contributed by atoms with van der Waals surface area (Å²) in [4.78, 5) is 10.5. The van der Waals surface area contributed by atoms with Crippen molar-refractivity contribution in [3.05, 3.63) is 91.9 Å². The summed E-state index contributed by atoms with van der Waals surface area (Å²) in [6.07, 6.45) is 0. The second kappa shape index (κ2) is 10.1. The predicted octanol–water partition coefficient (Wildman–Crippen LogP) is 6.26. The summed E-state index contributed by atoms with van der Waals surface area (Å²) in [6, 6.07) is 18.5. The molecule has 0 aliphatic rings. The lowest BCUT2D eigenvalue weighted by Gasteiger charge is -2.16. The first-order chi connectivity index (χ1) is 14.5. The van der Waals surface area contributed by atoms with Gasteiger partial charge in [0.15, 0.2) is 11.5 Å². The van der Waals surface area contributed by atoms with E-state index in [2.05, 4.69) is 40.3 Å². The van der Waals surface area contributed by atoms with Crippen molar-refractivity contribution in [3.63, 3.8) is 0 Å². The summed E-state index contributed by atoms with van der Waals surface area (Å²) in [5, 5.41) is 14.2. The average Bonchev–Trinajstić information content (AvgIpc) is 2.73. The van der Waals surface area contributed by atoms with Gasteiger partial charge in [0, 0.05) is 24.4 Å². The Bertz CT molecular complexity index is 1020. The van der Waals surface area contributed by atoms with Crippen LogP contribution in [0, 0.1) is 17.0 Å². The van der Waals surface area contributed by atoms with Crippen molar-refractivity contribution in [1.29, 1.82) is 0 Å². The molecular formula is C23H23BrN2O4. The normalized spacial score (nSPS) is 10.5. The Hall–Kier alpha value is -3.06. The van der Waals surface area contributed by atoms with Crippen molar-refractivity contribution < 1.29 is 14.4 Å². The minimum absolute atomic E-state index is 0.0519. The Morgan fingerprint density at radius 1 is 1.03 bits per heavy atom. The first-order valence-electron chi connectivity index (χ1n) is 9.58. The first-order valence-corrected chi connectivity index (χ1v) is 10.4. The molecule has 3 aromatic carbocycles. The molecule has 156 valence electrons. The molecule has 0 saturated heterocycles. The lowest BCUT2D eigenvalue weighted by atomic mass is 10.1. The van der Waals surface area contributed by atoms with Crippen molar-refractivity contribution in [2.45, 2.75) is 27.0 Å². The van der Waals surface area contributed by atoms with Gasteiger partial charge >= 0.3 is 0 Å². The zero-order chi connectivity index (χ0) is 21.5. The molecule has 0 bridgehead atoms. The third kappa shape index (κ3) is 5.73. The Kier molecular flexibility index (Phi) is 7.30. The van der Waals surface area contributed by atoms with Gasteiger partial charge in [0.1, 0.15) is 6.61 Å². The van der Waals surface area contributed by atoms with E-state index in [0.29, 0.717) is 36.9 Å². The Balaban J connectivity index is 1.74. The Labute approximate surface area is 184 Å². The van der Waals surface area contributed by atoms with Crippen LogP contribution in [0.2, 0.25) is 0 Å². The lowest BCUT2D eigenvalue weighted by molar-refractivity contribution is -0.384. The maximum atomic E-state index is 10.9. The fraction of sp³-hybridized carbons (Fsp3) is 0.217. The third-order valence-corrected chi connectivity index (χ3v) is 5.02. The van der Waals surface area contributed by atoms with Gasteiger partial charge in [0.2, 0.25) is 0 Å². The first kappa shape index (κ1) is 21.6. The number of anilines is 1. The molecule has 0 saturated carbocycles. The van der Waals surface area contributed by atoms with Crippen LogP contribution in [-0.4, -0.2) is 11.5 Å². The maximum absolute atomic E-state index is 10.9. The van der Waals surface area contributed by atoms with Crippen LogP contribution < -0.4 is 14.8 Å². The Morgan fingerprint density at radius 3 is 2.50 bits per heavy atom. The highest BCUT2D eigenvalue weighted by molar-refractivity contribution is 9.10. The van der Waals surface area contributed by atoms with Gasteiger partial charge < -0.3 is 14.8 Å². The van der Waals surface area contributed by atoms with Crippen molar-refractivity contribution in [2.24, 2.45) is 0 Å². The van der Waals surface area contributed by atoms with Crippen LogP contribution in [0.15, 0.2) is 65.1 Å². The SMILES string of the molecule is CCOc1cc(CNc2cccc([N+](=O)[O-])c2)cc(Br)c1OCc1ccc(C)cc1. The largest absolute Gasteiger partial charge is 0.490 e. The minimum atomic E-state index is -0.408. The molecular weight excluding hydrogens is 448 g/mol. The molecule has 30 heavy (non-hydrogen) atoms. The molecule has 0 heterocycles. The molecule has 6 nitrogen and oxygen atoms in total. The van der Waals surface area contributed by atoms with E-state index < -0.39 is 4.92 Å². The van der Waals surface area contributed by atoms with Gasteiger partial charge in [-0.3, -0.25) is 10.1 Å². The number of nitro groups is 1. The van der Waals surface area contributed by atoms with Crippen LogP contribution in [0.5, 0.6) is 11.5 Å². The van der Waals surface area contributed by atoms with E-state index in [1.807, 2.05) is 31.2 Å². The summed E-state index contributed by atoms with van der Waals surface area (Å²) in [5.74, 6) is 1.30. The number of non-ortho nitro benzene ring substituents is 1. The highest BCUT2D eigenvalue weighted by atomic mass is 79.9. The molecule has 0 aromatic heterocycles. The number of benzene rings is 3. The highest BCUT2D eigenvalue weighted by Crippen LogP contribution is 2.37. The van der Waals surface area contributed by atoms with Gasteiger partial charge in [0.05, 0.1) is 16.0 Å². The molecule has 0 aliphatic carbocycles. The minimum Gasteiger partial charge on any atom is -0.490 e. The smallest absolute Gasteiger partial charge is 0.271 e. The molecule has 0 amide bonds. The molecule has 7 heteroatoms. The van der Waals surface area contributed by atoms with Gasteiger partial charge in [0.25, 0.3) is 5.69 Å². The predicted molar refractivity (Wildman–Crippen MR) is 121 cm³/mol. The average molecular weight is 471 g/mol. The van der Waals surface area contributed by atoms with Crippen molar-refractivity contribution in [1.82, 2.24) is 0 Å². The quantitative estimate of drug-likeness (QED) is 0.295. The zero-order valence-corrected chi connectivity index (χ0v) is 18.4. The second-order valence-electron chi connectivity index (χ2n) is 6.77. The zero-order valence-electron chi connectivity index (χ0n) is 16.9. The van der Waals surface area contributed by atoms with Crippen LogP contribution in [0.25, 0.3) is 0 Å². The van der Waals surface area contributed by atoms with Gasteiger partial charge in [-0.25, -0.2) is 0 Å². The van der Waals surface area contributed by atoms with E-state index in [1.165, 1.54) is 17.7 Å². The summed E-state index contributed by atoms with van der Waals surface area (Å²) in [7, 11) is 0. The van der Waals surface area contributed by atoms with Crippen molar-refractivity contribution in [2.75, 3.05) is 11.9 Å². The molecule has 0 aliphatic heterocycles. The van der Waals surface area contributed by atoms with Gasteiger partial charge in [-0.05, 0) is 59.1 Å². The lowest BCUT2D eigenvalue weighted by Crippen LogP contribution is -2.04. The van der Waals surface area contributed by atoms with E-state index in [9.17, 15) is 10.1 Å². The van der Waals surface area contributed by atoms with E-state index in [4.69, 9.17) is 9.47 Å². The van der Waals surface area contributed by atoms with Gasteiger partial charge in [-0.15, -0.1) is 0 Å². The summed E-state index contributed by atoms with van der Waals surface area (Å²) < 4.78 is 12.6. The maximum Gasteiger partial charge on any atom is 0.271 e. The number of hydrogen-bond donors (Lipinski definition) is 1. The number of nitro benzene ring substituents is 1. The van der Waals surface area contributed by atoms with Crippen LogP contribution in [0.1, 0.15) is 23.6 Å². The van der Waals surface area contributed by atoms with Crippen LogP contribution in [0.4, 0.5) is 11.4 Å². The molecule has 0 unspecified atom stereocenters. The number of nitrogens with zero attached hydrogens (tertiary/aromatic N) is 1. The van der Waals surface area contributed by atoms with Gasteiger partial charge in [-0.2, -0.15) is 0 Å². The monoisotopic (exact) mass is 470 g/mol. The Morgan fingerprint density at radius 2 is 1.80 bits per heavy atom. The number of rotatable bonds is 9. The molecule has 0 fully saturated rings. The number of nitrogens with one attached hydrogen (secondary N) is 1. The van der Waals surface area contributed by atoms with Crippen molar-refractivity contribution in [3.8, 4) is 11.5 Å². The molecule has 3 rings (SSSR count). The number of hydrogen-bond acceptors (Lipinski definition) is 5. The number of aryl methyl sites for hydroxylation is 1. The molecule has 0 spiro atoms. The van der Waals surface area contributed by atoms with E-state index in [0.717, 1.165) is 15.6 Å². The fourth-order valence-corrected chi connectivity index (χ4v) is 3.50. The molecule has 3 aromatic rings. The number of ether oxygens (including phenoxy) is 2. The van der Waals surface area contributed by atoms with Crippen molar-refractivity contribution >= 4 is 27.3 Å². The van der Waals surface area contributed by atoms with E-state index in [-0.39, 0.29) is 5.69 Å². The summed E-state index contributed by atoms with van der Waals surface area (Å²) in [5.41, 5.74) is 3.97. The summed E-state index contributed by atoms with van der Waals surface area (Å²) >= 11 is 3.59. The van der Waals surface area contributed by atoms with Gasteiger partial charge in [-0.1, -0.05) is 35.9 Å².